The van der Waals surface area contributed by atoms with Crippen LogP contribution in [0.15, 0.2) is 87.8 Å². The average Bonchev–Trinajstić information content (AvgIpc) is 2.82. The Morgan fingerprint density at radius 1 is 1.09 bits per heavy atom. The number of phenolic OH excluding ortho intramolecular Hbond substituents is 1. The van der Waals surface area contributed by atoms with Gasteiger partial charge in [-0.25, -0.2) is 10.4 Å². The molecule has 2 N–H and O–H groups in total. The van der Waals surface area contributed by atoms with E-state index in [2.05, 4.69) is 15.5 Å². The Hall–Kier alpha value is -3.62. The van der Waals surface area contributed by atoms with Crippen molar-refractivity contribution in [3.8, 4) is 11.4 Å². The number of fused-ring (bicyclic) bond motifs is 1. The summed E-state index contributed by atoms with van der Waals surface area (Å²) in [5.74, 6) is -0.185. The predicted molar refractivity (Wildman–Crippen MR) is 132 cm³/mol. The number of hydrogen-bond donors (Lipinski definition) is 2. The first-order valence-corrected chi connectivity index (χ1v) is 11.3. The first-order valence-electron chi connectivity index (χ1n) is 9.95. The number of phenols is 1. The van der Waals surface area contributed by atoms with Crippen LogP contribution in [-0.2, 0) is 4.79 Å². The molecule has 1 amide bonds. The van der Waals surface area contributed by atoms with Crippen LogP contribution in [0.25, 0.3) is 16.6 Å². The van der Waals surface area contributed by atoms with Gasteiger partial charge in [-0.1, -0.05) is 35.5 Å². The van der Waals surface area contributed by atoms with Gasteiger partial charge in [0.15, 0.2) is 5.16 Å². The summed E-state index contributed by atoms with van der Waals surface area (Å²) in [5.41, 5.74) is 4.81. The van der Waals surface area contributed by atoms with E-state index >= 15 is 0 Å². The third-order valence-corrected chi connectivity index (χ3v) is 5.99. The molecule has 0 saturated heterocycles. The highest BCUT2D eigenvalue weighted by Gasteiger charge is 2.15. The molecule has 0 saturated carbocycles. The monoisotopic (exact) mass is 478 g/mol. The van der Waals surface area contributed by atoms with Crippen LogP contribution in [0.1, 0.15) is 12.5 Å². The van der Waals surface area contributed by atoms with Gasteiger partial charge in [0.1, 0.15) is 5.75 Å². The lowest BCUT2D eigenvalue weighted by Gasteiger charge is -2.13. The molecule has 9 heteroatoms. The van der Waals surface area contributed by atoms with E-state index in [1.165, 1.54) is 4.57 Å². The summed E-state index contributed by atoms with van der Waals surface area (Å²) in [4.78, 5) is 30.3. The van der Waals surface area contributed by atoms with Crippen LogP contribution < -0.4 is 11.0 Å². The summed E-state index contributed by atoms with van der Waals surface area (Å²) >= 11 is 7.14. The second-order valence-electron chi connectivity index (χ2n) is 7.10. The zero-order valence-electron chi connectivity index (χ0n) is 17.5. The number of hydrazone groups is 1. The van der Waals surface area contributed by atoms with E-state index in [4.69, 9.17) is 11.6 Å². The Kier molecular flexibility index (Phi) is 6.76. The quantitative estimate of drug-likeness (QED) is 0.185. The minimum atomic E-state index is -0.344. The summed E-state index contributed by atoms with van der Waals surface area (Å²) in [7, 11) is 0. The SMILES string of the molecule is CC(=NNC(=O)CSc1nc2ccccc2c(=O)n1-c1ccc(Cl)cc1)c1ccc(O)cc1. The van der Waals surface area contributed by atoms with E-state index in [0.717, 1.165) is 17.3 Å². The molecule has 0 bridgehead atoms. The second-order valence-corrected chi connectivity index (χ2v) is 8.48. The summed E-state index contributed by atoms with van der Waals surface area (Å²) < 4.78 is 1.47. The van der Waals surface area contributed by atoms with Crippen molar-refractivity contribution >= 4 is 45.9 Å². The number of para-hydroxylation sites is 1. The number of benzene rings is 3. The lowest BCUT2D eigenvalue weighted by molar-refractivity contribution is -0.118. The highest BCUT2D eigenvalue weighted by Crippen LogP contribution is 2.22. The van der Waals surface area contributed by atoms with Crippen LogP contribution >= 0.6 is 23.4 Å². The Morgan fingerprint density at radius 3 is 2.52 bits per heavy atom. The van der Waals surface area contributed by atoms with E-state index < -0.39 is 0 Å². The molecular formula is C24H19ClN4O3S. The van der Waals surface area contributed by atoms with E-state index in [0.29, 0.717) is 32.5 Å². The zero-order chi connectivity index (χ0) is 23.4. The van der Waals surface area contributed by atoms with Gasteiger partial charge >= 0.3 is 0 Å². The van der Waals surface area contributed by atoms with E-state index in [9.17, 15) is 14.7 Å². The van der Waals surface area contributed by atoms with Gasteiger partial charge in [0, 0.05) is 5.02 Å². The zero-order valence-corrected chi connectivity index (χ0v) is 19.1. The van der Waals surface area contributed by atoms with Gasteiger partial charge in [-0.2, -0.15) is 5.10 Å². The van der Waals surface area contributed by atoms with Crippen LogP contribution in [0, 0.1) is 0 Å². The van der Waals surface area contributed by atoms with Gasteiger partial charge in [0.2, 0.25) is 0 Å². The molecular weight excluding hydrogens is 460 g/mol. The maximum Gasteiger partial charge on any atom is 0.266 e. The number of rotatable bonds is 6. The van der Waals surface area contributed by atoms with Crippen molar-refractivity contribution in [2.75, 3.05) is 5.75 Å². The van der Waals surface area contributed by atoms with Crippen LogP contribution in [-0.4, -0.2) is 32.0 Å². The maximum atomic E-state index is 13.2. The van der Waals surface area contributed by atoms with Crippen LogP contribution in [0.2, 0.25) is 5.02 Å². The third-order valence-electron chi connectivity index (χ3n) is 4.80. The fraction of sp³-hybridized carbons (Fsp3) is 0.0833. The van der Waals surface area contributed by atoms with Crippen molar-refractivity contribution in [2.45, 2.75) is 12.1 Å². The molecule has 1 heterocycles. The fourth-order valence-electron chi connectivity index (χ4n) is 3.10. The number of nitrogens with zero attached hydrogens (tertiary/aromatic N) is 3. The largest absolute Gasteiger partial charge is 0.508 e. The molecule has 0 fully saturated rings. The van der Waals surface area contributed by atoms with Gasteiger partial charge in [0.05, 0.1) is 28.1 Å². The Bertz CT molecular complexity index is 1400. The van der Waals surface area contributed by atoms with Gasteiger partial charge in [0.25, 0.3) is 11.5 Å². The molecule has 3 aromatic carbocycles. The molecule has 0 aliphatic heterocycles. The predicted octanol–water partition coefficient (Wildman–Crippen LogP) is 4.38. The van der Waals surface area contributed by atoms with Crippen LogP contribution in [0.4, 0.5) is 0 Å². The minimum absolute atomic E-state index is 0.00469. The summed E-state index contributed by atoms with van der Waals surface area (Å²) in [6.45, 7) is 1.75. The highest BCUT2D eigenvalue weighted by atomic mass is 35.5. The van der Waals surface area contributed by atoms with E-state index in [1.54, 1.807) is 73.7 Å². The van der Waals surface area contributed by atoms with Gasteiger partial charge < -0.3 is 5.11 Å². The van der Waals surface area contributed by atoms with Crippen molar-refractivity contribution in [1.82, 2.24) is 15.0 Å². The van der Waals surface area contributed by atoms with Crippen molar-refractivity contribution in [3.05, 3.63) is 93.7 Å². The average molecular weight is 479 g/mol. The Morgan fingerprint density at radius 2 is 1.79 bits per heavy atom. The number of aromatic nitrogens is 2. The Labute approximate surface area is 198 Å². The number of aromatic hydroxyl groups is 1. The van der Waals surface area contributed by atoms with E-state index in [1.807, 2.05) is 6.07 Å². The number of carbonyl (C=O) groups is 1. The second kappa shape index (κ2) is 9.89. The molecule has 0 spiro atoms. The topological polar surface area (TPSA) is 96.6 Å². The molecule has 0 aliphatic carbocycles. The number of halogens is 1. The number of thioether (sulfide) groups is 1. The third kappa shape index (κ3) is 5.24. The lowest BCUT2D eigenvalue weighted by Crippen LogP contribution is -2.24. The molecule has 7 nitrogen and oxygen atoms in total. The molecule has 4 rings (SSSR count). The molecule has 166 valence electrons. The van der Waals surface area contributed by atoms with Gasteiger partial charge in [-0.15, -0.1) is 0 Å². The molecule has 1 aromatic heterocycles. The van der Waals surface area contributed by atoms with E-state index in [-0.39, 0.29) is 23.0 Å². The van der Waals surface area contributed by atoms with Crippen LogP contribution in [0.5, 0.6) is 5.75 Å². The number of amides is 1. The number of hydrogen-bond acceptors (Lipinski definition) is 6. The molecule has 0 unspecified atom stereocenters. The molecule has 4 aromatic rings. The highest BCUT2D eigenvalue weighted by molar-refractivity contribution is 7.99. The molecule has 33 heavy (non-hydrogen) atoms. The summed E-state index contributed by atoms with van der Waals surface area (Å²) in [6, 6.07) is 20.4. The van der Waals surface area contributed by atoms with Gasteiger partial charge in [-0.05, 0) is 73.2 Å². The van der Waals surface area contributed by atoms with Crippen molar-refractivity contribution in [2.24, 2.45) is 5.10 Å². The van der Waals surface area contributed by atoms with Crippen molar-refractivity contribution in [1.29, 1.82) is 0 Å². The van der Waals surface area contributed by atoms with Crippen molar-refractivity contribution < 1.29 is 9.90 Å². The lowest BCUT2D eigenvalue weighted by atomic mass is 10.1. The number of carbonyl (C=O) groups excluding carboxylic acids is 1. The van der Waals surface area contributed by atoms with Gasteiger partial charge in [-0.3, -0.25) is 14.2 Å². The summed E-state index contributed by atoms with van der Waals surface area (Å²) in [6.07, 6.45) is 0. The maximum absolute atomic E-state index is 13.2. The molecule has 0 aliphatic rings. The van der Waals surface area contributed by atoms with Crippen LogP contribution in [0.3, 0.4) is 0 Å². The fourth-order valence-corrected chi connectivity index (χ4v) is 4.03. The first-order chi connectivity index (χ1) is 15.9. The molecule has 0 radical (unpaired) electrons. The standard InChI is InChI=1S/C24H19ClN4O3S/c1-15(16-6-12-19(30)13-7-16)27-28-22(31)14-33-24-26-21-5-3-2-4-20(21)23(32)29(24)18-10-8-17(25)9-11-18/h2-13,30H,14H2,1H3,(H,28,31). The Balaban J connectivity index is 1.57. The normalized spacial score (nSPS) is 11.5. The first kappa shape index (κ1) is 22.6. The summed E-state index contributed by atoms with van der Waals surface area (Å²) in [5, 5.41) is 14.9. The minimum Gasteiger partial charge on any atom is -0.508 e. The number of nitrogens with one attached hydrogen (secondary N) is 1. The molecule has 0 atom stereocenters. The van der Waals surface area contributed by atoms with Crippen molar-refractivity contribution in [3.63, 3.8) is 0 Å². The smallest absolute Gasteiger partial charge is 0.266 e.